The fourth-order valence-corrected chi connectivity index (χ4v) is 1.03. The van der Waals surface area contributed by atoms with E-state index in [0.717, 1.165) is 0 Å². The van der Waals surface area contributed by atoms with Crippen LogP contribution in [0.5, 0.6) is 0 Å². The minimum atomic E-state index is 0. The Morgan fingerprint density at radius 3 is 1.93 bits per heavy atom. The van der Waals surface area contributed by atoms with Crippen molar-refractivity contribution in [2.45, 2.75) is 40.0 Å². The van der Waals surface area contributed by atoms with Crippen LogP contribution in [0.25, 0.3) is 0 Å². The smallest absolute Gasteiger partial charge is 0 e. The van der Waals surface area contributed by atoms with Gasteiger partial charge in [0, 0.05) is 1.43 Å². The highest BCUT2D eigenvalue weighted by Gasteiger charge is 1.87. The molecule has 3 nitrogen and oxygen atoms in total. The Balaban J connectivity index is -0.000000109. The van der Waals surface area contributed by atoms with Gasteiger partial charge in [0.1, 0.15) is 0 Å². The Kier molecular flexibility index (Phi) is 24.6. The third kappa shape index (κ3) is 13.1. The molecule has 5 N–H and O–H groups in total. The van der Waals surface area contributed by atoms with Crippen molar-refractivity contribution < 1.29 is 11.9 Å². The predicted molar refractivity (Wildman–Crippen MR) is 68.8 cm³/mol. The quantitative estimate of drug-likeness (QED) is 0.516. The molecule has 0 aliphatic heterocycles. The molecule has 0 saturated carbocycles. The average molecular weight is 217 g/mol. The second-order valence-corrected chi connectivity index (χ2v) is 2.59. The molecule has 0 amide bonds. The van der Waals surface area contributed by atoms with E-state index < -0.39 is 0 Å². The SMILES string of the molecule is CC.CCCCc1ccccc1.N.OO.[HH]. The van der Waals surface area contributed by atoms with Gasteiger partial charge in [0.15, 0.2) is 0 Å². The fourth-order valence-electron chi connectivity index (χ4n) is 1.03. The lowest BCUT2D eigenvalue weighted by Gasteiger charge is -1.96. The Bertz CT molecular complexity index is 184. The van der Waals surface area contributed by atoms with E-state index in [4.69, 9.17) is 10.5 Å². The van der Waals surface area contributed by atoms with E-state index in [1.165, 1.54) is 24.8 Å². The first-order valence-corrected chi connectivity index (χ1v) is 5.17. The van der Waals surface area contributed by atoms with Gasteiger partial charge < -0.3 is 6.15 Å². The molecule has 0 bridgehead atoms. The van der Waals surface area contributed by atoms with Gasteiger partial charge in [-0.05, 0) is 18.4 Å². The van der Waals surface area contributed by atoms with Crippen LogP contribution >= 0.6 is 0 Å². The Morgan fingerprint density at radius 2 is 1.53 bits per heavy atom. The van der Waals surface area contributed by atoms with Crippen molar-refractivity contribution in [1.29, 1.82) is 0 Å². The molecule has 1 rings (SSSR count). The topological polar surface area (TPSA) is 75.5 Å². The summed E-state index contributed by atoms with van der Waals surface area (Å²) in [7, 11) is 0. The maximum Gasteiger partial charge on any atom is 0 e. The molecule has 0 atom stereocenters. The predicted octanol–water partition coefficient (Wildman–Crippen LogP) is 4.48. The number of hydrogen-bond acceptors (Lipinski definition) is 3. The average Bonchev–Trinajstić information content (AvgIpc) is 2.33. The lowest BCUT2D eigenvalue weighted by molar-refractivity contribution is -0.176. The summed E-state index contributed by atoms with van der Waals surface area (Å²) in [5, 5.41) is 12.0. The molecule has 0 aliphatic rings. The van der Waals surface area contributed by atoms with Gasteiger partial charge in [0.05, 0.1) is 0 Å². The van der Waals surface area contributed by atoms with E-state index in [-0.39, 0.29) is 7.58 Å². The molecular formula is C12H27NO2. The summed E-state index contributed by atoms with van der Waals surface area (Å²) in [5.41, 5.74) is 1.46. The molecule has 3 heteroatoms. The fraction of sp³-hybridized carbons (Fsp3) is 0.500. The first-order chi connectivity index (χ1) is 6.93. The Hall–Kier alpha value is -0.900. The van der Waals surface area contributed by atoms with Gasteiger partial charge >= 0.3 is 0 Å². The minimum absolute atomic E-state index is 0. The van der Waals surface area contributed by atoms with Crippen molar-refractivity contribution in [3.8, 4) is 0 Å². The van der Waals surface area contributed by atoms with Crippen LogP contribution in [0.4, 0.5) is 0 Å². The van der Waals surface area contributed by atoms with Gasteiger partial charge in [0.25, 0.3) is 0 Å². The Morgan fingerprint density at radius 1 is 1.07 bits per heavy atom. The van der Waals surface area contributed by atoms with Crippen LogP contribution in [0.2, 0.25) is 0 Å². The van der Waals surface area contributed by atoms with E-state index in [1.807, 2.05) is 13.8 Å². The van der Waals surface area contributed by atoms with Crippen molar-refractivity contribution in [3.63, 3.8) is 0 Å². The van der Waals surface area contributed by atoms with Crippen molar-refractivity contribution in [2.75, 3.05) is 0 Å². The molecule has 0 aliphatic carbocycles. The largest absolute Gasteiger partial charge is 0.344 e. The summed E-state index contributed by atoms with van der Waals surface area (Å²) in [6, 6.07) is 10.6. The van der Waals surface area contributed by atoms with Crippen LogP contribution in [0.15, 0.2) is 30.3 Å². The number of unbranched alkanes of at least 4 members (excludes halogenated alkanes) is 1. The van der Waals surface area contributed by atoms with Gasteiger partial charge in [-0.25, -0.2) is 0 Å². The third-order valence-electron chi connectivity index (χ3n) is 1.66. The van der Waals surface area contributed by atoms with Crippen molar-refractivity contribution in [3.05, 3.63) is 35.9 Å². The molecule has 0 unspecified atom stereocenters. The van der Waals surface area contributed by atoms with Gasteiger partial charge in [-0.1, -0.05) is 57.5 Å². The molecular weight excluding hydrogens is 190 g/mol. The van der Waals surface area contributed by atoms with E-state index in [2.05, 4.69) is 37.3 Å². The van der Waals surface area contributed by atoms with Gasteiger partial charge in [-0.15, -0.1) is 0 Å². The van der Waals surface area contributed by atoms with Gasteiger partial charge in [0.2, 0.25) is 0 Å². The molecule has 0 heterocycles. The van der Waals surface area contributed by atoms with Crippen LogP contribution in [0.3, 0.4) is 0 Å². The molecule has 1 aromatic rings. The Labute approximate surface area is 94.8 Å². The van der Waals surface area contributed by atoms with Gasteiger partial charge in [-0.3, -0.25) is 10.5 Å². The third-order valence-corrected chi connectivity index (χ3v) is 1.66. The molecule has 92 valence electrons. The minimum Gasteiger partial charge on any atom is -0.344 e. The van der Waals surface area contributed by atoms with Crippen LogP contribution in [-0.4, -0.2) is 10.5 Å². The highest BCUT2D eigenvalue weighted by Crippen LogP contribution is 2.03. The van der Waals surface area contributed by atoms with E-state index in [1.54, 1.807) is 0 Å². The molecule has 0 saturated heterocycles. The van der Waals surface area contributed by atoms with Crippen molar-refractivity contribution in [2.24, 2.45) is 0 Å². The summed E-state index contributed by atoms with van der Waals surface area (Å²) in [4.78, 5) is 0. The highest BCUT2D eigenvalue weighted by atomic mass is 17.0. The molecule has 1 aromatic carbocycles. The lowest BCUT2D eigenvalue weighted by atomic mass is 10.1. The molecule has 15 heavy (non-hydrogen) atoms. The van der Waals surface area contributed by atoms with Crippen LogP contribution in [0, 0.1) is 0 Å². The standard InChI is InChI=1S/C10H14.C2H6.H3N.H2O2.H2/c1-2-3-7-10-8-5-4-6-9-10;1-2;;1-2;/h4-6,8-9H,2-3,7H2,1H3;1-2H3;1H3;1-2H;1H. The zero-order valence-electron chi connectivity index (χ0n) is 10.1. The maximum atomic E-state index is 6.00. The molecule has 0 fully saturated rings. The zero-order valence-corrected chi connectivity index (χ0v) is 10.1. The summed E-state index contributed by atoms with van der Waals surface area (Å²) in [6.45, 7) is 6.23. The monoisotopic (exact) mass is 217 g/mol. The van der Waals surface area contributed by atoms with E-state index in [9.17, 15) is 0 Å². The molecule has 0 radical (unpaired) electrons. The summed E-state index contributed by atoms with van der Waals surface area (Å²) in [5.74, 6) is 0. The summed E-state index contributed by atoms with van der Waals surface area (Å²) >= 11 is 0. The van der Waals surface area contributed by atoms with Gasteiger partial charge in [-0.2, -0.15) is 0 Å². The second kappa shape index (κ2) is 18.8. The van der Waals surface area contributed by atoms with Crippen LogP contribution < -0.4 is 6.15 Å². The number of aryl methyl sites for hydroxylation is 1. The zero-order chi connectivity index (χ0) is 11.2. The first kappa shape index (κ1) is 19.6. The lowest BCUT2D eigenvalue weighted by Crippen LogP contribution is -1.81. The van der Waals surface area contributed by atoms with Crippen molar-refractivity contribution in [1.82, 2.24) is 6.15 Å². The normalized spacial score (nSPS) is 7.27. The van der Waals surface area contributed by atoms with Crippen LogP contribution in [0.1, 0.15) is 40.6 Å². The second-order valence-electron chi connectivity index (χ2n) is 2.59. The molecule has 0 spiro atoms. The van der Waals surface area contributed by atoms with Crippen LogP contribution in [-0.2, 0) is 6.42 Å². The first-order valence-electron chi connectivity index (χ1n) is 5.17. The summed E-state index contributed by atoms with van der Waals surface area (Å²) < 4.78 is 0. The number of hydrogen-bond donors (Lipinski definition) is 3. The van der Waals surface area contributed by atoms with E-state index >= 15 is 0 Å². The van der Waals surface area contributed by atoms with E-state index in [0.29, 0.717) is 0 Å². The highest BCUT2D eigenvalue weighted by molar-refractivity contribution is 5.14. The molecule has 0 aromatic heterocycles. The number of rotatable bonds is 3. The summed E-state index contributed by atoms with van der Waals surface area (Å²) in [6.07, 6.45) is 3.83. The maximum absolute atomic E-state index is 6.00. The number of benzene rings is 1. The van der Waals surface area contributed by atoms with Crippen molar-refractivity contribution >= 4 is 0 Å².